The highest BCUT2D eigenvalue weighted by Gasteiger charge is 2.26. The number of benzene rings is 2. The van der Waals surface area contributed by atoms with Gasteiger partial charge in [0.05, 0.1) is 6.61 Å². The monoisotopic (exact) mass is 398 g/mol. The fraction of sp³-hybridized carbons (Fsp3) is 0.417. The third kappa shape index (κ3) is 6.23. The zero-order chi connectivity index (χ0) is 20.7. The van der Waals surface area contributed by atoms with E-state index in [4.69, 9.17) is 4.74 Å². The van der Waals surface area contributed by atoms with Crippen LogP contribution in [0, 0.1) is 26.7 Å². The van der Waals surface area contributed by atoms with Gasteiger partial charge >= 0.3 is 5.97 Å². The fourth-order valence-corrected chi connectivity index (χ4v) is 4.45. The van der Waals surface area contributed by atoms with Crippen molar-refractivity contribution < 1.29 is 14.3 Å². The van der Waals surface area contributed by atoms with Gasteiger partial charge in [-0.1, -0.05) is 47.5 Å². The number of ketones is 1. The van der Waals surface area contributed by atoms with Gasteiger partial charge in [0.25, 0.3) is 0 Å². The van der Waals surface area contributed by atoms with Crippen LogP contribution < -0.4 is 0 Å². The number of hydrogen-bond acceptors (Lipinski definition) is 4. The number of thioether (sulfide) groups is 1. The molecule has 2 aromatic rings. The predicted molar refractivity (Wildman–Crippen MR) is 116 cm³/mol. The van der Waals surface area contributed by atoms with Gasteiger partial charge in [-0.05, 0) is 64.7 Å². The number of Topliss-reactive ketones (excluding diaryl/α,β-unsaturated/α-hetero) is 1. The maximum Gasteiger partial charge on any atom is 0.316 e. The Kier molecular flexibility index (Phi) is 8.31. The first-order chi connectivity index (χ1) is 13.3. The summed E-state index contributed by atoms with van der Waals surface area (Å²) in [7, 11) is 0. The average molecular weight is 399 g/mol. The summed E-state index contributed by atoms with van der Waals surface area (Å²) in [5.74, 6) is -1.22. The average Bonchev–Trinajstić information content (AvgIpc) is 2.63. The molecular formula is C24H30O3S. The molecule has 0 saturated heterocycles. The second-order valence-electron chi connectivity index (χ2n) is 7.28. The molecule has 0 heterocycles. The SMILES string of the molecule is CCOC(=O)C(CCC(Sc1ccc(C)cc1C)c1ccc(C)cc1)C(C)=O. The first-order valence-electron chi connectivity index (χ1n) is 9.79. The molecule has 3 nitrogen and oxygen atoms in total. The Balaban J connectivity index is 2.23. The number of hydrogen-bond donors (Lipinski definition) is 0. The predicted octanol–water partition coefficient (Wildman–Crippen LogP) is 5.99. The number of aryl methyl sites for hydroxylation is 3. The molecule has 2 aromatic carbocycles. The van der Waals surface area contributed by atoms with Gasteiger partial charge in [-0.15, -0.1) is 11.8 Å². The minimum atomic E-state index is -0.687. The van der Waals surface area contributed by atoms with Crippen molar-refractivity contribution in [1.82, 2.24) is 0 Å². The molecule has 4 heteroatoms. The van der Waals surface area contributed by atoms with E-state index in [0.29, 0.717) is 13.0 Å². The molecule has 2 rings (SSSR count). The Bertz CT molecular complexity index is 811. The molecule has 0 aliphatic heterocycles. The molecule has 0 radical (unpaired) electrons. The van der Waals surface area contributed by atoms with E-state index in [1.807, 2.05) is 0 Å². The summed E-state index contributed by atoms with van der Waals surface area (Å²) < 4.78 is 5.10. The van der Waals surface area contributed by atoms with Crippen LogP contribution in [0.5, 0.6) is 0 Å². The van der Waals surface area contributed by atoms with Crippen LogP contribution in [0.15, 0.2) is 47.4 Å². The van der Waals surface area contributed by atoms with Crippen LogP contribution in [0.3, 0.4) is 0 Å². The largest absolute Gasteiger partial charge is 0.465 e. The van der Waals surface area contributed by atoms with E-state index in [0.717, 1.165) is 6.42 Å². The molecule has 0 aromatic heterocycles. The molecule has 0 fully saturated rings. The lowest BCUT2D eigenvalue weighted by atomic mass is 9.96. The summed E-state index contributed by atoms with van der Waals surface area (Å²) in [4.78, 5) is 25.4. The standard InChI is InChI=1S/C24H30O3S/c1-6-27-24(26)21(19(5)25)12-14-23(20-10-7-16(2)8-11-20)28-22-13-9-17(3)15-18(22)4/h7-11,13,15,21,23H,6,12,14H2,1-5H3. The normalized spacial score (nSPS) is 13.0. The van der Waals surface area contributed by atoms with E-state index < -0.39 is 11.9 Å². The van der Waals surface area contributed by atoms with Crippen LogP contribution in [0.2, 0.25) is 0 Å². The molecule has 28 heavy (non-hydrogen) atoms. The van der Waals surface area contributed by atoms with Gasteiger partial charge in [-0.2, -0.15) is 0 Å². The number of carbonyl (C=O) groups is 2. The summed E-state index contributed by atoms with van der Waals surface area (Å²) in [6.07, 6.45) is 1.22. The van der Waals surface area contributed by atoms with Crippen molar-refractivity contribution in [1.29, 1.82) is 0 Å². The Labute approximate surface area is 172 Å². The third-order valence-corrected chi connectivity index (χ3v) is 6.33. The van der Waals surface area contributed by atoms with E-state index in [1.54, 1.807) is 18.7 Å². The first-order valence-corrected chi connectivity index (χ1v) is 10.7. The minimum Gasteiger partial charge on any atom is -0.465 e. The maximum atomic E-state index is 12.2. The molecule has 0 aliphatic rings. The van der Waals surface area contributed by atoms with Crippen molar-refractivity contribution in [2.75, 3.05) is 6.61 Å². The second-order valence-corrected chi connectivity index (χ2v) is 8.52. The van der Waals surface area contributed by atoms with Crippen molar-refractivity contribution >= 4 is 23.5 Å². The Hall–Kier alpha value is -2.07. The molecule has 2 atom stereocenters. The highest BCUT2D eigenvalue weighted by atomic mass is 32.2. The molecule has 0 N–H and O–H groups in total. The number of ether oxygens (including phenoxy) is 1. The van der Waals surface area contributed by atoms with Gasteiger partial charge in [0.2, 0.25) is 0 Å². The second kappa shape index (κ2) is 10.5. The molecular weight excluding hydrogens is 368 g/mol. The van der Waals surface area contributed by atoms with Crippen LogP contribution in [-0.4, -0.2) is 18.4 Å². The van der Waals surface area contributed by atoms with E-state index in [1.165, 1.54) is 34.1 Å². The summed E-state index contributed by atoms with van der Waals surface area (Å²) in [5.41, 5.74) is 4.91. The fourth-order valence-electron chi connectivity index (χ4n) is 3.21. The molecule has 0 saturated carbocycles. The van der Waals surface area contributed by atoms with Crippen molar-refractivity contribution in [3.05, 3.63) is 64.7 Å². The molecule has 0 aliphatic carbocycles. The number of carbonyl (C=O) groups excluding carboxylic acids is 2. The van der Waals surface area contributed by atoms with Crippen LogP contribution in [0.4, 0.5) is 0 Å². The lowest BCUT2D eigenvalue weighted by Gasteiger charge is -2.21. The van der Waals surface area contributed by atoms with E-state index in [2.05, 4.69) is 63.2 Å². The van der Waals surface area contributed by atoms with Crippen LogP contribution in [-0.2, 0) is 14.3 Å². The van der Waals surface area contributed by atoms with Crippen LogP contribution in [0.25, 0.3) is 0 Å². The van der Waals surface area contributed by atoms with E-state index >= 15 is 0 Å². The third-order valence-electron chi connectivity index (χ3n) is 4.83. The van der Waals surface area contributed by atoms with Gasteiger partial charge in [0.1, 0.15) is 11.7 Å². The zero-order valence-corrected chi connectivity index (χ0v) is 18.3. The summed E-state index contributed by atoms with van der Waals surface area (Å²) in [6.45, 7) is 9.82. The molecule has 0 amide bonds. The Morgan fingerprint density at radius 1 is 0.964 bits per heavy atom. The maximum absolute atomic E-state index is 12.2. The molecule has 0 bridgehead atoms. The molecule has 2 unspecified atom stereocenters. The van der Waals surface area contributed by atoms with Crippen molar-refractivity contribution in [2.45, 2.75) is 57.6 Å². The summed E-state index contributed by atoms with van der Waals surface area (Å²) in [6, 6.07) is 15.0. The smallest absolute Gasteiger partial charge is 0.316 e. The highest BCUT2D eigenvalue weighted by molar-refractivity contribution is 7.99. The summed E-state index contributed by atoms with van der Waals surface area (Å²) in [5, 5.41) is 0.165. The van der Waals surface area contributed by atoms with Crippen molar-refractivity contribution in [3.8, 4) is 0 Å². The lowest BCUT2D eigenvalue weighted by molar-refractivity contribution is -0.151. The minimum absolute atomic E-state index is 0.127. The molecule has 0 spiro atoms. The summed E-state index contributed by atoms with van der Waals surface area (Å²) >= 11 is 1.80. The van der Waals surface area contributed by atoms with Gasteiger partial charge < -0.3 is 4.74 Å². The van der Waals surface area contributed by atoms with Gasteiger partial charge in [0, 0.05) is 10.1 Å². The Morgan fingerprint density at radius 2 is 1.61 bits per heavy atom. The van der Waals surface area contributed by atoms with Crippen molar-refractivity contribution in [3.63, 3.8) is 0 Å². The lowest BCUT2D eigenvalue weighted by Crippen LogP contribution is -2.24. The van der Waals surface area contributed by atoms with Crippen molar-refractivity contribution in [2.24, 2.45) is 5.92 Å². The number of esters is 1. The van der Waals surface area contributed by atoms with Crippen LogP contribution in [0.1, 0.15) is 54.2 Å². The quantitative estimate of drug-likeness (QED) is 0.295. The zero-order valence-electron chi connectivity index (χ0n) is 17.5. The topological polar surface area (TPSA) is 43.4 Å². The highest BCUT2D eigenvalue weighted by Crippen LogP contribution is 2.41. The van der Waals surface area contributed by atoms with Gasteiger partial charge in [-0.3, -0.25) is 9.59 Å². The van der Waals surface area contributed by atoms with E-state index in [-0.39, 0.29) is 11.0 Å². The van der Waals surface area contributed by atoms with E-state index in [9.17, 15) is 9.59 Å². The molecule has 150 valence electrons. The van der Waals surface area contributed by atoms with Gasteiger partial charge in [-0.25, -0.2) is 0 Å². The number of rotatable bonds is 9. The first kappa shape index (κ1) is 22.2. The Morgan fingerprint density at radius 3 is 2.18 bits per heavy atom. The van der Waals surface area contributed by atoms with Gasteiger partial charge in [0.15, 0.2) is 0 Å². The van der Waals surface area contributed by atoms with Crippen LogP contribution >= 0.6 is 11.8 Å².